The van der Waals surface area contributed by atoms with Crippen LogP contribution in [0.3, 0.4) is 0 Å². The Morgan fingerprint density at radius 3 is 1.77 bits per heavy atom. The molecule has 64 heavy (non-hydrogen) atoms. The number of anilines is 2. The van der Waals surface area contributed by atoms with Crippen LogP contribution in [0.2, 0.25) is 0 Å². The molecule has 0 bridgehead atoms. The van der Waals surface area contributed by atoms with Crippen molar-refractivity contribution in [1.29, 1.82) is 0 Å². The average molecular weight is 915 g/mol. The van der Waals surface area contributed by atoms with Crippen molar-refractivity contribution in [3.05, 3.63) is 196 Å². The van der Waals surface area contributed by atoms with Crippen molar-refractivity contribution in [3.8, 4) is 33.6 Å². The van der Waals surface area contributed by atoms with Crippen LogP contribution in [0.5, 0.6) is 0 Å². The highest BCUT2D eigenvalue weighted by Crippen LogP contribution is 2.24. The standard InChI is InChI=1S/C26H25N5O.C24H23BrN6O/c1-28-16-18-4-2-6-22(14-18)23-7-3-5-19(15-23)17-30-26-29-13-12-24(31-26)20-8-10-21(11-9-20)25(27)32;25-20-4-1-3-17(15-20)16-30-23(32)19-8-6-18(7-9-19)21-10-12-29-24(31-21)28-11-2-5-22-26-13-14-27-22/h2-15,28H,16-17H2,1H3,(H2,27,32)(H,29,30,31);1,3-4,6-10,12-15H,2,5,11,16H2,(H,26,27)(H,30,32)(H,28,29,31). The zero-order valence-corrected chi connectivity index (χ0v) is 36.8. The fraction of sp³-hybridized carbons (Fsp3) is 0.140. The van der Waals surface area contributed by atoms with Gasteiger partial charge in [-0.15, -0.1) is 0 Å². The number of H-pyrrole nitrogens is 1. The van der Waals surface area contributed by atoms with Crippen LogP contribution in [0.15, 0.2) is 163 Å². The lowest BCUT2D eigenvalue weighted by atomic mass is 10.0. The van der Waals surface area contributed by atoms with Gasteiger partial charge in [0.15, 0.2) is 0 Å². The van der Waals surface area contributed by atoms with Crippen LogP contribution in [0, 0.1) is 0 Å². The van der Waals surface area contributed by atoms with E-state index in [-0.39, 0.29) is 5.91 Å². The van der Waals surface area contributed by atoms with E-state index < -0.39 is 5.91 Å². The number of nitrogens with two attached hydrogens (primary N) is 1. The van der Waals surface area contributed by atoms with Gasteiger partial charge in [0.25, 0.3) is 5.91 Å². The molecular formula is C50H48BrN11O2. The third-order valence-electron chi connectivity index (χ3n) is 10.0. The predicted octanol–water partition coefficient (Wildman–Crippen LogP) is 8.84. The maximum absolute atomic E-state index is 12.5. The number of primary amides is 1. The average Bonchev–Trinajstić information content (AvgIpc) is 3.86. The minimum atomic E-state index is -0.447. The first-order valence-electron chi connectivity index (χ1n) is 20.8. The molecule has 3 heterocycles. The maximum atomic E-state index is 12.5. The molecule has 0 spiro atoms. The number of hydrogen-bond acceptors (Lipinski definition) is 10. The molecule has 0 aliphatic rings. The second kappa shape index (κ2) is 22.5. The molecule has 8 rings (SSSR count). The van der Waals surface area contributed by atoms with E-state index in [1.165, 1.54) is 16.7 Å². The smallest absolute Gasteiger partial charge is 0.251 e. The molecule has 7 N–H and O–H groups in total. The molecule has 13 nitrogen and oxygen atoms in total. The van der Waals surface area contributed by atoms with Crippen molar-refractivity contribution in [2.24, 2.45) is 5.73 Å². The third kappa shape index (κ3) is 13.0. The predicted molar refractivity (Wildman–Crippen MR) is 256 cm³/mol. The summed E-state index contributed by atoms with van der Waals surface area (Å²) in [5.41, 5.74) is 15.6. The van der Waals surface area contributed by atoms with Gasteiger partial charge in [0, 0.05) is 84.1 Å². The molecule has 0 aliphatic heterocycles. The van der Waals surface area contributed by atoms with Crippen LogP contribution in [0.1, 0.15) is 49.7 Å². The van der Waals surface area contributed by atoms with Crippen molar-refractivity contribution < 1.29 is 9.59 Å². The van der Waals surface area contributed by atoms with Gasteiger partial charge in [-0.1, -0.05) is 88.7 Å². The first-order valence-corrected chi connectivity index (χ1v) is 21.6. The number of hydrogen-bond donors (Lipinski definition) is 6. The maximum Gasteiger partial charge on any atom is 0.251 e. The Morgan fingerprint density at radius 2 is 1.19 bits per heavy atom. The van der Waals surface area contributed by atoms with Crippen molar-refractivity contribution in [3.63, 3.8) is 0 Å². The monoisotopic (exact) mass is 913 g/mol. The molecule has 2 amide bonds. The van der Waals surface area contributed by atoms with E-state index in [4.69, 9.17) is 5.73 Å². The van der Waals surface area contributed by atoms with Gasteiger partial charge in [0.05, 0.1) is 11.4 Å². The number of imidazole rings is 1. The number of nitrogens with zero attached hydrogens (tertiary/aromatic N) is 5. The Kier molecular flexibility index (Phi) is 15.7. The largest absolute Gasteiger partial charge is 0.366 e. The van der Waals surface area contributed by atoms with Gasteiger partial charge in [-0.2, -0.15) is 0 Å². The molecule has 8 aromatic rings. The number of aryl methyl sites for hydroxylation is 1. The number of aromatic nitrogens is 6. The lowest BCUT2D eigenvalue weighted by Crippen LogP contribution is -2.22. The molecule has 322 valence electrons. The van der Waals surface area contributed by atoms with Crippen LogP contribution in [-0.2, 0) is 26.1 Å². The van der Waals surface area contributed by atoms with Gasteiger partial charge in [-0.25, -0.2) is 24.9 Å². The van der Waals surface area contributed by atoms with Gasteiger partial charge >= 0.3 is 0 Å². The second-order valence-corrected chi connectivity index (χ2v) is 15.6. The topological polar surface area (TPSA) is 189 Å². The second-order valence-electron chi connectivity index (χ2n) is 14.7. The van der Waals surface area contributed by atoms with E-state index in [0.29, 0.717) is 36.1 Å². The fourth-order valence-electron chi connectivity index (χ4n) is 6.74. The van der Waals surface area contributed by atoms with Gasteiger partial charge in [-0.3, -0.25) is 9.59 Å². The van der Waals surface area contributed by atoms with Crippen molar-refractivity contribution in [1.82, 2.24) is 40.5 Å². The Hall–Kier alpha value is -7.55. The van der Waals surface area contributed by atoms with E-state index in [9.17, 15) is 9.59 Å². The number of carbonyl (C=O) groups is 2. The molecular weight excluding hydrogens is 867 g/mol. The summed E-state index contributed by atoms with van der Waals surface area (Å²) in [5, 5.41) is 12.7. The van der Waals surface area contributed by atoms with E-state index in [1.54, 1.807) is 30.7 Å². The minimum absolute atomic E-state index is 0.113. The number of halogens is 1. The van der Waals surface area contributed by atoms with Crippen LogP contribution >= 0.6 is 15.9 Å². The molecule has 0 atom stereocenters. The van der Waals surface area contributed by atoms with Crippen molar-refractivity contribution in [2.45, 2.75) is 32.5 Å². The number of benzene rings is 5. The lowest BCUT2D eigenvalue weighted by molar-refractivity contribution is 0.0949. The summed E-state index contributed by atoms with van der Waals surface area (Å²) in [6.07, 6.45) is 8.82. The number of carbonyl (C=O) groups excluding carboxylic acids is 2. The van der Waals surface area contributed by atoms with Gasteiger partial charge in [0.1, 0.15) is 5.82 Å². The fourth-order valence-corrected chi connectivity index (χ4v) is 7.18. The zero-order valence-electron chi connectivity index (χ0n) is 35.3. The summed E-state index contributed by atoms with van der Waals surface area (Å²) < 4.78 is 0.991. The van der Waals surface area contributed by atoms with E-state index in [2.05, 4.69) is 116 Å². The first kappa shape index (κ1) is 44.5. The minimum Gasteiger partial charge on any atom is -0.366 e. The van der Waals surface area contributed by atoms with Crippen LogP contribution in [0.4, 0.5) is 11.9 Å². The summed E-state index contributed by atoms with van der Waals surface area (Å²) in [4.78, 5) is 48.9. The summed E-state index contributed by atoms with van der Waals surface area (Å²) in [6, 6.07) is 43.0. The van der Waals surface area contributed by atoms with Crippen LogP contribution in [0.25, 0.3) is 33.6 Å². The van der Waals surface area contributed by atoms with Crippen LogP contribution in [-0.4, -0.2) is 55.3 Å². The third-order valence-corrected chi connectivity index (χ3v) is 10.5. The SMILES string of the molecule is CNCc1cccc(-c2cccc(CNc3nccc(-c4ccc(C(N)=O)cc4)n3)c2)c1.O=C(NCc1cccc(Br)c1)c1ccc(-c2ccnc(NCCCc3ncc[nH]3)n2)cc1. The summed E-state index contributed by atoms with van der Waals surface area (Å²) in [5.74, 6) is 1.54. The lowest BCUT2D eigenvalue weighted by Gasteiger charge is -2.10. The van der Waals surface area contributed by atoms with Gasteiger partial charge in [-0.05, 0) is 102 Å². The molecule has 3 aromatic heterocycles. The molecule has 5 aromatic carbocycles. The van der Waals surface area contributed by atoms with Crippen LogP contribution < -0.4 is 27.0 Å². The van der Waals surface area contributed by atoms with Gasteiger partial charge in [0.2, 0.25) is 17.8 Å². The molecule has 0 saturated heterocycles. The molecule has 0 unspecified atom stereocenters. The first-order chi connectivity index (χ1) is 31.3. The quantitative estimate of drug-likeness (QED) is 0.0482. The Morgan fingerprint density at radius 1 is 0.609 bits per heavy atom. The van der Waals surface area contributed by atoms with E-state index >= 15 is 0 Å². The van der Waals surface area contributed by atoms with Gasteiger partial charge < -0.3 is 32.0 Å². The summed E-state index contributed by atoms with van der Waals surface area (Å²) >= 11 is 3.44. The molecule has 0 fully saturated rings. The normalized spacial score (nSPS) is 10.7. The number of amides is 2. The zero-order chi connectivity index (χ0) is 44.5. The van der Waals surface area contributed by atoms with E-state index in [1.807, 2.05) is 86.0 Å². The molecule has 0 radical (unpaired) electrons. The highest BCUT2D eigenvalue weighted by Gasteiger charge is 2.09. The number of nitrogens with one attached hydrogen (secondary N) is 5. The van der Waals surface area contributed by atoms with Crippen molar-refractivity contribution >= 4 is 39.6 Å². The number of aromatic amines is 1. The molecule has 0 saturated carbocycles. The molecule has 14 heteroatoms. The van der Waals surface area contributed by atoms with E-state index in [0.717, 1.165) is 69.9 Å². The Labute approximate surface area is 380 Å². The summed E-state index contributed by atoms with van der Waals surface area (Å²) in [7, 11) is 1.95. The Bertz CT molecular complexity index is 2760. The summed E-state index contributed by atoms with van der Waals surface area (Å²) in [6.45, 7) is 2.67. The highest BCUT2D eigenvalue weighted by molar-refractivity contribution is 9.10. The van der Waals surface area contributed by atoms with Crippen molar-refractivity contribution in [2.75, 3.05) is 24.2 Å². The number of rotatable bonds is 17. The highest BCUT2D eigenvalue weighted by atomic mass is 79.9. The molecule has 0 aliphatic carbocycles. The Balaban J connectivity index is 0.000000191.